The van der Waals surface area contributed by atoms with Crippen LogP contribution in [-0.4, -0.2) is 16.3 Å². The van der Waals surface area contributed by atoms with Crippen LogP contribution in [0.25, 0.3) is 0 Å². The molecule has 0 fully saturated rings. The van der Waals surface area contributed by atoms with Gasteiger partial charge in [-0.3, -0.25) is 4.68 Å². The van der Waals surface area contributed by atoms with Gasteiger partial charge in [0.15, 0.2) is 0 Å². The third-order valence-electron chi connectivity index (χ3n) is 2.53. The van der Waals surface area contributed by atoms with E-state index >= 15 is 0 Å². The third-order valence-corrected chi connectivity index (χ3v) is 5.07. The standard InChI is InChI=1S/C11H13Br2N3S/c1-3-14-9(11-7(12)4-5-17-11)10-8(13)6-15-16(10)2/h4-6,9,14H,3H2,1-2H3. The molecule has 0 saturated heterocycles. The first-order valence-electron chi connectivity index (χ1n) is 5.28. The monoisotopic (exact) mass is 377 g/mol. The molecule has 1 atom stereocenters. The quantitative estimate of drug-likeness (QED) is 0.878. The van der Waals surface area contributed by atoms with Crippen molar-refractivity contribution < 1.29 is 0 Å². The van der Waals surface area contributed by atoms with Crippen molar-refractivity contribution in [2.24, 2.45) is 7.05 Å². The van der Waals surface area contributed by atoms with E-state index < -0.39 is 0 Å². The summed E-state index contributed by atoms with van der Waals surface area (Å²) in [5.74, 6) is 0. The van der Waals surface area contributed by atoms with Crippen LogP contribution in [0.4, 0.5) is 0 Å². The molecule has 0 aliphatic carbocycles. The fraction of sp³-hybridized carbons (Fsp3) is 0.364. The van der Waals surface area contributed by atoms with Gasteiger partial charge in [0.1, 0.15) is 0 Å². The minimum absolute atomic E-state index is 0.163. The van der Waals surface area contributed by atoms with E-state index in [1.54, 1.807) is 11.3 Å². The zero-order valence-electron chi connectivity index (χ0n) is 9.58. The summed E-state index contributed by atoms with van der Waals surface area (Å²) >= 11 is 8.90. The zero-order chi connectivity index (χ0) is 12.4. The second-order valence-corrected chi connectivity index (χ2v) is 6.28. The van der Waals surface area contributed by atoms with Gasteiger partial charge in [-0.05, 0) is 49.9 Å². The molecule has 17 heavy (non-hydrogen) atoms. The predicted molar refractivity (Wildman–Crippen MR) is 78.4 cm³/mol. The molecular weight excluding hydrogens is 366 g/mol. The van der Waals surface area contributed by atoms with E-state index in [-0.39, 0.29) is 6.04 Å². The van der Waals surface area contributed by atoms with Crippen LogP contribution in [0.3, 0.4) is 0 Å². The minimum Gasteiger partial charge on any atom is -0.305 e. The van der Waals surface area contributed by atoms with Crippen molar-refractivity contribution in [2.45, 2.75) is 13.0 Å². The fourth-order valence-corrected chi connectivity index (χ4v) is 4.03. The lowest BCUT2D eigenvalue weighted by molar-refractivity contribution is 0.576. The second kappa shape index (κ2) is 5.65. The Morgan fingerprint density at radius 1 is 1.47 bits per heavy atom. The van der Waals surface area contributed by atoms with Crippen molar-refractivity contribution in [2.75, 3.05) is 6.54 Å². The van der Waals surface area contributed by atoms with Gasteiger partial charge in [-0.1, -0.05) is 6.92 Å². The first kappa shape index (κ1) is 13.3. The number of nitrogens with zero attached hydrogens (tertiary/aromatic N) is 2. The van der Waals surface area contributed by atoms with Gasteiger partial charge in [-0.15, -0.1) is 11.3 Å². The molecular formula is C11H13Br2N3S. The number of halogens is 2. The van der Waals surface area contributed by atoms with E-state index in [9.17, 15) is 0 Å². The molecule has 6 heteroatoms. The van der Waals surface area contributed by atoms with Gasteiger partial charge in [-0.2, -0.15) is 5.10 Å². The highest BCUT2D eigenvalue weighted by Crippen LogP contribution is 2.35. The summed E-state index contributed by atoms with van der Waals surface area (Å²) in [7, 11) is 1.96. The maximum atomic E-state index is 4.28. The summed E-state index contributed by atoms with van der Waals surface area (Å²) in [4.78, 5) is 1.27. The second-order valence-electron chi connectivity index (χ2n) is 3.62. The first-order valence-corrected chi connectivity index (χ1v) is 7.75. The smallest absolute Gasteiger partial charge is 0.0864 e. The van der Waals surface area contributed by atoms with Gasteiger partial charge in [-0.25, -0.2) is 0 Å². The lowest BCUT2D eigenvalue weighted by Crippen LogP contribution is -2.24. The van der Waals surface area contributed by atoms with Crippen LogP contribution in [0.2, 0.25) is 0 Å². The van der Waals surface area contributed by atoms with Crippen molar-refractivity contribution in [1.82, 2.24) is 15.1 Å². The minimum atomic E-state index is 0.163. The van der Waals surface area contributed by atoms with E-state index in [1.807, 2.05) is 17.9 Å². The van der Waals surface area contributed by atoms with Crippen molar-refractivity contribution in [3.8, 4) is 0 Å². The molecule has 1 unspecified atom stereocenters. The van der Waals surface area contributed by atoms with E-state index in [1.165, 1.54) is 4.88 Å². The Hall–Kier alpha value is -0.170. The van der Waals surface area contributed by atoms with Crippen LogP contribution in [0, 0.1) is 0 Å². The van der Waals surface area contributed by atoms with Gasteiger partial charge in [0.05, 0.1) is 22.4 Å². The number of thiophene rings is 1. The molecule has 2 heterocycles. The van der Waals surface area contributed by atoms with Gasteiger partial charge in [0, 0.05) is 16.4 Å². The maximum absolute atomic E-state index is 4.28. The van der Waals surface area contributed by atoms with Crippen LogP contribution < -0.4 is 5.32 Å². The van der Waals surface area contributed by atoms with Crippen LogP contribution in [0.15, 0.2) is 26.6 Å². The summed E-state index contributed by atoms with van der Waals surface area (Å²) in [6, 6.07) is 2.24. The average molecular weight is 379 g/mol. The highest BCUT2D eigenvalue weighted by Gasteiger charge is 2.22. The molecule has 0 aromatic carbocycles. The Kier molecular flexibility index (Phi) is 4.41. The fourth-order valence-electron chi connectivity index (χ4n) is 1.77. The Labute approximate surface area is 121 Å². The topological polar surface area (TPSA) is 29.9 Å². The number of aryl methyl sites for hydroxylation is 1. The molecule has 0 saturated carbocycles. The Balaban J connectivity index is 2.46. The van der Waals surface area contributed by atoms with E-state index in [2.05, 4.69) is 60.6 Å². The van der Waals surface area contributed by atoms with Gasteiger partial charge >= 0.3 is 0 Å². The lowest BCUT2D eigenvalue weighted by atomic mass is 10.1. The summed E-state index contributed by atoms with van der Waals surface area (Å²) in [5.41, 5.74) is 1.15. The highest BCUT2D eigenvalue weighted by atomic mass is 79.9. The highest BCUT2D eigenvalue weighted by molar-refractivity contribution is 9.10. The number of hydrogen-bond acceptors (Lipinski definition) is 3. The number of hydrogen-bond donors (Lipinski definition) is 1. The molecule has 2 aromatic heterocycles. The summed E-state index contributed by atoms with van der Waals surface area (Å²) in [5, 5.41) is 9.87. The molecule has 0 amide bonds. The summed E-state index contributed by atoms with van der Waals surface area (Å²) in [6.45, 7) is 3.02. The number of nitrogens with one attached hydrogen (secondary N) is 1. The Morgan fingerprint density at radius 2 is 2.24 bits per heavy atom. The van der Waals surface area contributed by atoms with Crippen molar-refractivity contribution in [3.63, 3.8) is 0 Å². The predicted octanol–water partition coefficient (Wildman–Crippen LogP) is 3.71. The molecule has 2 rings (SSSR count). The molecule has 3 nitrogen and oxygen atoms in total. The molecule has 0 aliphatic heterocycles. The third kappa shape index (κ3) is 2.65. The van der Waals surface area contributed by atoms with Gasteiger partial charge in [0.2, 0.25) is 0 Å². The van der Waals surface area contributed by atoms with Gasteiger partial charge in [0.25, 0.3) is 0 Å². The van der Waals surface area contributed by atoms with Crippen LogP contribution in [0.1, 0.15) is 23.5 Å². The summed E-state index contributed by atoms with van der Waals surface area (Å²) < 4.78 is 4.08. The van der Waals surface area contributed by atoms with Crippen molar-refractivity contribution in [3.05, 3.63) is 37.2 Å². The van der Waals surface area contributed by atoms with Crippen LogP contribution in [-0.2, 0) is 7.05 Å². The first-order chi connectivity index (χ1) is 8.15. The van der Waals surface area contributed by atoms with E-state index in [4.69, 9.17) is 0 Å². The van der Waals surface area contributed by atoms with E-state index in [0.29, 0.717) is 0 Å². The van der Waals surface area contributed by atoms with Crippen molar-refractivity contribution in [1.29, 1.82) is 0 Å². The normalized spacial score (nSPS) is 12.9. The molecule has 0 bridgehead atoms. The van der Waals surface area contributed by atoms with E-state index in [0.717, 1.165) is 21.2 Å². The molecule has 92 valence electrons. The summed E-state index contributed by atoms with van der Waals surface area (Å²) in [6.07, 6.45) is 1.83. The molecule has 0 radical (unpaired) electrons. The maximum Gasteiger partial charge on any atom is 0.0864 e. The van der Waals surface area contributed by atoms with Crippen LogP contribution in [0.5, 0.6) is 0 Å². The van der Waals surface area contributed by atoms with Crippen molar-refractivity contribution >= 4 is 43.2 Å². The molecule has 1 N–H and O–H groups in total. The Bertz CT molecular complexity index is 487. The molecule has 0 aliphatic rings. The largest absolute Gasteiger partial charge is 0.305 e. The number of aromatic nitrogens is 2. The van der Waals surface area contributed by atoms with Crippen LogP contribution >= 0.6 is 43.2 Å². The average Bonchev–Trinajstić information content (AvgIpc) is 2.84. The number of rotatable bonds is 4. The SMILES string of the molecule is CCNC(c1sccc1Br)c1c(Br)cnn1C. The molecule has 0 spiro atoms. The lowest BCUT2D eigenvalue weighted by Gasteiger charge is -2.18. The van der Waals surface area contributed by atoms with Gasteiger partial charge < -0.3 is 5.32 Å². The molecule has 2 aromatic rings. The zero-order valence-corrected chi connectivity index (χ0v) is 13.6. The Morgan fingerprint density at radius 3 is 2.71 bits per heavy atom.